The Bertz CT molecular complexity index is 3050. The van der Waals surface area contributed by atoms with Crippen molar-refractivity contribution in [3.8, 4) is 0 Å². The second kappa shape index (κ2) is 68.5. The molecule has 35 nitrogen and oxygen atoms in total. The van der Waals surface area contributed by atoms with Crippen molar-refractivity contribution in [3.63, 3.8) is 0 Å². The van der Waals surface area contributed by atoms with E-state index in [0.717, 1.165) is 0 Å². The highest BCUT2D eigenvalue weighted by atomic mass is 16.8. The van der Waals surface area contributed by atoms with Gasteiger partial charge in [-0.25, -0.2) is 0 Å². The SMILES string of the molecule is C=CCOC[C@H]1O[C@@H]2O[C@H]3[C@H](OCC=C)[C@@H](OCC=C)[C@@H](O[C@H]4[C@H](OCC=C)[C@@H](OCC=C)[C@@H](O[C@H]5[C@H](OCC=C)[C@@H](OCC=C)[C@@H](O[C@H]6[C@H](OCC=C)[C@@H](OCC=C)[C@@H](O[C@H]7[C@H](OCC=C)[C@@H](OCC=C)[C@@H](O[C@H]8[C@H](OCC=C)[C@@H](OCC=C)[C@@H](O[C@H]1[C@H](OCC=C)[C@H]2OCC=C)O[C@@H]8COCC=C)O[C@@H]7COCC=C)O[C@@H]6COCC=C)O[C@@H]5COCC=C)O[C@@H]4COCC=C)O[C@@H]3COCC=C. The molecule has 784 valence electrons. The topological polar surface area (TPSA) is 323 Å². The standard InChI is InChI=1S/C105H154O35/c1-22-43-106-64-71-78-85(113-50-29-8)92(120-57-36-15)99(127-71)135-79-72(65-107-44-23-2)129-101(94(122-59-38-17)86(79)114-51-30-9)137-81-74(67-109-46-25-4)131-103(96(124-61-40-19)88(81)116-53-32-11)139-83-76(69-111-48-27-6)133-105(98(126-63-42-21)90(83)118-55-34-13)140-84-77(70-112-49-28-7)132-104(97(125-62-41-20)91(84)119-56-35-14)138-82-75(68-110-47-26-5)130-102(95(123-60-39-18)89(82)117-54-33-12)136-80-73(66-108-45-24-3)128-100(134-78)93(121-58-37-16)87(80)115-52-31-10/h22-42,71-105H,1-21,43-70H2/t71-,72-,73-,74-,75-,76-,77-,78-,79-,80-,81-,82-,83-,84-,85+,86+,87+,88+,89+,90+,91+,92-,93-,94-,95-,96-,97-,98-,99-,100-,101-,102-,103-,104-,105-/m1/s1. The van der Waals surface area contributed by atoms with Crippen molar-refractivity contribution in [2.24, 2.45) is 0 Å². The molecule has 0 radical (unpaired) electrons. The minimum absolute atomic E-state index is 0.0276. The van der Waals surface area contributed by atoms with Crippen LogP contribution in [-0.4, -0.2) is 400 Å². The molecule has 0 aromatic rings. The lowest BCUT2D eigenvalue weighted by Gasteiger charge is -2.53. The zero-order chi connectivity index (χ0) is 101. The fraction of sp³-hybridized carbons (Fsp3) is 0.600. The summed E-state index contributed by atoms with van der Waals surface area (Å²) in [6.07, 6.45) is -12.8. The van der Waals surface area contributed by atoms with Crippen molar-refractivity contribution in [3.05, 3.63) is 266 Å². The summed E-state index contributed by atoms with van der Waals surface area (Å²) in [5.41, 5.74) is 0. The quantitative estimate of drug-likeness (QED) is 0.0403. The predicted octanol–water partition coefficient (Wildman–Crippen LogP) is 10.2. The van der Waals surface area contributed by atoms with Crippen LogP contribution in [0.1, 0.15) is 0 Å². The normalized spacial score (nSPS) is 35.1. The molecular formula is C105H154O35. The number of hydrogen-bond acceptors (Lipinski definition) is 35. The lowest BCUT2D eigenvalue weighted by Crippen LogP contribution is -2.70. The van der Waals surface area contributed by atoms with E-state index >= 15 is 0 Å². The van der Waals surface area contributed by atoms with Gasteiger partial charge in [-0.2, -0.15) is 0 Å². The molecule has 21 aliphatic heterocycles. The second-order valence-electron chi connectivity index (χ2n) is 32.5. The first-order valence-corrected chi connectivity index (χ1v) is 47.3. The molecule has 0 aliphatic carbocycles. The highest BCUT2D eigenvalue weighted by Crippen LogP contribution is 2.45. The average Bonchev–Trinajstić information content (AvgIpc) is 0.792. The van der Waals surface area contributed by atoms with Crippen molar-refractivity contribution in [2.75, 3.05) is 185 Å². The molecule has 0 aromatic carbocycles. The maximum absolute atomic E-state index is 7.55. The van der Waals surface area contributed by atoms with Crippen LogP contribution in [0.3, 0.4) is 0 Å². The van der Waals surface area contributed by atoms with Gasteiger partial charge in [-0.1, -0.05) is 128 Å². The minimum atomic E-state index is -1.50. The minimum Gasteiger partial charge on any atom is -0.375 e. The second-order valence-corrected chi connectivity index (χ2v) is 32.5. The summed E-state index contributed by atoms with van der Waals surface area (Å²) in [7, 11) is 0. The average molecular weight is 1980 g/mol. The van der Waals surface area contributed by atoms with Crippen LogP contribution in [0.15, 0.2) is 266 Å². The van der Waals surface area contributed by atoms with Gasteiger partial charge in [0.05, 0.1) is 185 Å². The summed E-state index contributed by atoms with van der Waals surface area (Å²) in [5, 5.41) is 0. The monoisotopic (exact) mass is 1980 g/mol. The largest absolute Gasteiger partial charge is 0.375 e. The van der Waals surface area contributed by atoms with E-state index in [4.69, 9.17) is 166 Å². The van der Waals surface area contributed by atoms with Crippen LogP contribution in [-0.2, 0) is 166 Å². The molecule has 21 rings (SSSR count). The van der Waals surface area contributed by atoms with Crippen LogP contribution >= 0.6 is 0 Å². The molecule has 14 bridgehead atoms. The van der Waals surface area contributed by atoms with Gasteiger partial charge >= 0.3 is 0 Å². The molecule has 21 saturated heterocycles. The van der Waals surface area contributed by atoms with Gasteiger partial charge in [-0.15, -0.1) is 138 Å². The van der Waals surface area contributed by atoms with E-state index in [2.05, 4.69) is 138 Å². The zero-order valence-corrected chi connectivity index (χ0v) is 81.3. The van der Waals surface area contributed by atoms with Gasteiger partial charge in [0.25, 0.3) is 0 Å². The maximum Gasteiger partial charge on any atom is 0.187 e. The molecular weight excluding hydrogens is 1820 g/mol. The van der Waals surface area contributed by atoms with Gasteiger partial charge in [0.15, 0.2) is 44.0 Å². The lowest BCUT2D eigenvalue weighted by molar-refractivity contribution is -0.406. The molecule has 35 heteroatoms. The fourth-order valence-corrected chi connectivity index (χ4v) is 17.0. The Morgan fingerprint density at radius 1 is 0.121 bits per heavy atom. The van der Waals surface area contributed by atoms with Gasteiger partial charge in [-0.05, 0) is 0 Å². The van der Waals surface area contributed by atoms with Crippen molar-refractivity contribution >= 4 is 0 Å². The summed E-state index contributed by atoms with van der Waals surface area (Å²) in [6, 6.07) is 0. The lowest BCUT2D eigenvalue weighted by atomic mass is 9.94. The maximum atomic E-state index is 7.55. The Balaban J connectivity index is 1.48. The Morgan fingerprint density at radius 2 is 0.214 bits per heavy atom. The van der Waals surface area contributed by atoms with Crippen molar-refractivity contribution < 1.29 is 166 Å². The Labute approximate surface area is 827 Å². The summed E-state index contributed by atoms with van der Waals surface area (Å²) in [4.78, 5) is 0. The third kappa shape index (κ3) is 34.9. The molecule has 21 heterocycles. The first-order valence-electron chi connectivity index (χ1n) is 47.3. The molecule has 0 N–H and O–H groups in total. The molecule has 0 saturated carbocycles. The molecule has 0 aromatic heterocycles. The van der Waals surface area contributed by atoms with Crippen LogP contribution in [0.5, 0.6) is 0 Å². The number of ether oxygens (including phenoxy) is 35. The molecule has 35 atom stereocenters. The van der Waals surface area contributed by atoms with Gasteiger partial charge in [0.2, 0.25) is 0 Å². The third-order valence-electron chi connectivity index (χ3n) is 22.5. The molecule has 21 fully saturated rings. The van der Waals surface area contributed by atoms with E-state index in [1.165, 1.54) is 0 Å². The van der Waals surface area contributed by atoms with Crippen LogP contribution in [0.2, 0.25) is 0 Å². The van der Waals surface area contributed by atoms with E-state index < -0.39 is 215 Å². The highest BCUT2D eigenvalue weighted by Gasteiger charge is 2.63. The fourth-order valence-electron chi connectivity index (χ4n) is 17.0. The molecule has 0 amide bonds. The van der Waals surface area contributed by atoms with Crippen LogP contribution in [0.25, 0.3) is 0 Å². The predicted molar refractivity (Wildman–Crippen MR) is 521 cm³/mol. The van der Waals surface area contributed by atoms with E-state index in [1.54, 1.807) is 128 Å². The van der Waals surface area contributed by atoms with Crippen LogP contribution < -0.4 is 0 Å². The Hall–Kier alpha value is -6.86. The molecule has 140 heavy (non-hydrogen) atoms. The molecule has 21 aliphatic rings. The first-order chi connectivity index (χ1) is 68.7. The Kier molecular flexibility index (Phi) is 57.9. The van der Waals surface area contributed by atoms with Gasteiger partial charge in [0.1, 0.15) is 171 Å². The van der Waals surface area contributed by atoms with Crippen molar-refractivity contribution in [1.82, 2.24) is 0 Å². The van der Waals surface area contributed by atoms with Gasteiger partial charge < -0.3 is 166 Å². The third-order valence-corrected chi connectivity index (χ3v) is 22.5. The highest BCUT2D eigenvalue weighted by molar-refractivity contribution is 5.08. The Morgan fingerprint density at radius 3 is 0.307 bits per heavy atom. The first kappa shape index (κ1) is 118. The zero-order valence-electron chi connectivity index (χ0n) is 81.3. The van der Waals surface area contributed by atoms with Crippen LogP contribution in [0.4, 0.5) is 0 Å². The molecule has 0 unspecified atom stereocenters. The summed E-state index contributed by atoms with van der Waals surface area (Å²) in [6.45, 7) is 82.1. The van der Waals surface area contributed by atoms with Gasteiger partial charge in [0, 0.05) is 0 Å². The smallest absolute Gasteiger partial charge is 0.187 e. The summed E-state index contributed by atoms with van der Waals surface area (Å²) >= 11 is 0. The van der Waals surface area contributed by atoms with E-state index in [0.29, 0.717) is 0 Å². The van der Waals surface area contributed by atoms with E-state index in [9.17, 15) is 0 Å². The van der Waals surface area contributed by atoms with E-state index in [1.807, 2.05) is 0 Å². The summed E-state index contributed by atoms with van der Waals surface area (Å²) in [5.74, 6) is 0. The summed E-state index contributed by atoms with van der Waals surface area (Å²) < 4.78 is 247. The van der Waals surface area contributed by atoms with Crippen molar-refractivity contribution in [1.29, 1.82) is 0 Å². The number of hydrogen-bond donors (Lipinski definition) is 0. The van der Waals surface area contributed by atoms with Gasteiger partial charge in [-0.3, -0.25) is 0 Å². The molecule has 0 spiro atoms. The number of rotatable bonds is 70. The van der Waals surface area contributed by atoms with Crippen molar-refractivity contribution in [2.45, 2.75) is 215 Å². The van der Waals surface area contributed by atoms with E-state index in [-0.39, 0.29) is 185 Å². The van der Waals surface area contributed by atoms with Crippen LogP contribution in [0, 0.1) is 0 Å².